The number of pyridine rings is 1. The Morgan fingerprint density at radius 3 is 2.45 bits per heavy atom. The normalized spacial score (nSPS) is 10.4. The lowest BCUT2D eigenvalue weighted by Crippen LogP contribution is -2.06. The first-order valence-electron chi connectivity index (χ1n) is 6.83. The molecule has 2 aromatic rings. The van der Waals surface area contributed by atoms with E-state index in [0.29, 0.717) is 6.54 Å². The van der Waals surface area contributed by atoms with Gasteiger partial charge in [-0.05, 0) is 51.0 Å². The van der Waals surface area contributed by atoms with E-state index in [2.05, 4.69) is 49.3 Å². The topological polar surface area (TPSA) is 34.1 Å². The Labute approximate surface area is 121 Å². The van der Waals surface area contributed by atoms with Crippen molar-refractivity contribution in [3.63, 3.8) is 0 Å². The van der Waals surface area contributed by atoms with Crippen LogP contribution in [0.25, 0.3) is 0 Å². The first kappa shape index (κ1) is 14.4. The zero-order valence-electron chi connectivity index (χ0n) is 12.9. The van der Waals surface area contributed by atoms with Crippen LogP contribution in [0.1, 0.15) is 27.9 Å². The molecule has 0 unspecified atom stereocenters. The van der Waals surface area contributed by atoms with Gasteiger partial charge in [0, 0.05) is 23.0 Å². The molecule has 0 saturated carbocycles. The van der Waals surface area contributed by atoms with E-state index < -0.39 is 0 Å². The van der Waals surface area contributed by atoms with Gasteiger partial charge in [0.15, 0.2) is 0 Å². The number of aromatic nitrogens is 1. The molecule has 0 fully saturated rings. The quantitative estimate of drug-likeness (QED) is 0.914. The minimum atomic E-state index is 0.699. The SMILES string of the molecule is COc1c(C)cnc(CNc2ccc(C)c(C)c2)c1C. The first-order valence-corrected chi connectivity index (χ1v) is 6.83. The number of nitrogens with one attached hydrogen (secondary N) is 1. The minimum absolute atomic E-state index is 0.699. The largest absolute Gasteiger partial charge is 0.496 e. The second-order valence-corrected chi connectivity index (χ2v) is 5.20. The standard InChI is InChI=1S/C17H22N2O/c1-11-6-7-15(8-12(11)2)18-10-16-14(4)17(20-5)13(3)9-19-16/h6-9,18H,10H2,1-5H3. The molecule has 0 radical (unpaired) electrons. The Hall–Kier alpha value is -2.03. The molecule has 0 amide bonds. The van der Waals surface area contributed by atoms with E-state index in [1.54, 1.807) is 7.11 Å². The van der Waals surface area contributed by atoms with Crippen molar-refractivity contribution in [3.05, 3.63) is 52.3 Å². The van der Waals surface area contributed by atoms with Crippen LogP contribution in [0.3, 0.4) is 0 Å². The lowest BCUT2D eigenvalue weighted by molar-refractivity contribution is 0.407. The van der Waals surface area contributed by atoms with Crippen LogP contribution in [0.15, 0.2) is 24.4 Å². The number of hydrogen-bond donors (Lipinski definition) is 1. The third-order valence-electron chi connectivity index (χ3n) is 3.72. The second-order valence-electron chi connectivity index (χ2n) is 5.20. The second kappa shape index (κ2) is 5.95. The number of ether oxygens (including phenoxy) is 1. The molecule has 106 valence electrons. The smallest absolute Gasteiger partial charge is 0.128 e. The number of anilines is 1. The maximum atomic E-state index is 5.44. The molecule has 0 spiro atoms. The summed E-state index contributed by atoms with van der Waals surface area (Å²) in [6, 6.07) is 6.40. The highest BCUT2D eigenvalue weighted by Crippen LogP contribution is 2.24. The Morgan fingerprint density at radius 1 is 1.05 bits per heavy atom. The maximum Gasteiger partial charge on any atom is 0.128 e. The van der Waals surface area contributed by atoms with Crippen LogP contribution in [-0.4, -0.2) is 12.1 Å². The molecule has 3 nitrogen and oxygen atoms in total. The third kappa shape index (κ3) is 2.93. The molecular formula is C17H22N2O. The molecule has 0 aliphatic heterocycles. The van der Waals surface area contributed by atoms with Crippen molar-refractivity contribution in [2.24, 2.45) is 0 Å². The molecule has 20 heavy (non-hydrogen) atoms. The number of benzene rings is 1. The molecule has 1 aromatic heterocycles. The number of nitrogens with zero attached hydrogens (tertiary/aromatic N) is 1. The molecule has 0 aliphatic carbocycles. The summed E-state index contributed by atoms with van der Waals surface area (Å²) in [5, 5.41) is 3.42. The zero-order chi connectivity index (χ0) is 14.7. The molecule has 3 heteroatoms. The van der Waals surface area contributed by atoms with Gasteiger partial charge in [-0.3, -0.25) is 4.98 Å². The molecular weight excluding hydrogens is 248 g/mol. The van der Waals surface area contributed by atoms with E-state index in [1.165, 1.54) is 11.1 Å². The Morgan fingerprint density at radius 2 is 1.80 bits per heavy atom. The van der Waals surface area contributed by atoms with Crippen molar-refractivity contribution in [2.75, 3.05) is 12.4 Å². The Kier molecular flexibility index (Phi) is 4.28. The lowest BCUT2D eigenvalue weighted by Gasteiger charge is -2.14. The molecule has 1 aromatic carbocycles. The molecule has 0 bridgehead atoms. The van der Waals surface area contributed by atoms with Gasteiger partial charge >= 0.3 is 0 Å². The summed E-state index contributed by atoms with van der Waals surface area (Å²) >= 11 is 0. The van der Waals surface area contributed by atoms with Crippen molar-refractivity contribution in [1.82, 2.24) is 4.98 Å². The number of aryl methyl sites for hydroxylation is 3. The first-order chi connectivity index (χ1) is 9.52. The number of rotatable bonds is 4. The number of methoxy groups -OCH3 is 1. The average molecular weight is 270 g/mol. The van der Waals surface area contributed by atoms with Gasteiger partial charge in [-0.15, -0.1) is 0 Å². The van der Waals surface area contributed by atoms with E-state index in [1.807, 2.05) is 13.1 Å². The van der Waals surface area contributed by atoms with Crippen molar-refractivity contribution >= 4 is 5.69 Å². The summed E-state index contributed by atoms with van der Waals surface area (Å²) in [4.78, 5) is 4.50. The predicted molar refractivity (Wildman–Crippen MR) is 83.5 cm³/mol. The molecule has 0 saturated heterocycles. The van der Waals surface area contributed by atoms with Gasteiger partial charge in [-0.1, -0.05) is 6.07 Å². The van der Waals surface area contributed by atoms with Gasteiger partial charge in [-0.2, -0.15) is 0 Å². The summed E-state index contributed by atoms with van der Waals surface area (Å²) < 4.78 is 5.44. The molecule has 1 N–H and O–H groups in total. The Bertz CT molecular complexity index is 621. The van der Waals surface area contributed by atoms with Gasteiger partial charge in [0.25, 0.3) is 0 Å². The summed E-state index contributed by atoms with van der Waals surface area (Å²) in [5.74, 6) is 0.928. The summed E-state index contributed by atoms with van der Waals surface area (Å²) in [6.07, 6.45) is 1.86. The van der Waals surface area contributed by atoms with E-state index in [-0.39, 0.29) is 0 Å². The van der Waals surface area contributed by atoms with Crippen LogP contribution in [0.5, 0.6) is 5.75 Å². The van der Waals surface area contributed by atoms with Crippen molar-refractivity contribution in [3.8, 4) is 5.75 Å². The van der Waals surface area contributed by atoms with E-state index >= 15 is 0 Å². The van der Waals surface area contributed by atoms with E-state index in [0.717, 1.165) is 28.3 Å². The lowest BCUT2D eigenvalue weighted by atomic mass is 10.1. The van der Waals surface area contributed by atoms with Gasteiger partial charge < -0.3 is 10.1 Å². The Balaban J connectivity index is 2.16. The molecule has 0 atom stereocenters. The summed E-state index contributed by atoms with van der Waals surface area (Å²) in [6.45, 7) is 9.01. The van der Waals surface area contributed by atoms with Crippen molar-refractivity contribution < 1.29 is 4.74 Å². The molecule has 2 rings (SSSR count). The summed E-state index contributed by atoms with van der Waals surface area (Å²) in [7, 11) is 1.70. The van der Waals surface area contributed by atoms with E-state index in [9.17, 15) is 0 Å². The van der Waals surface area contributed by atoms with Crippen LogP contribution in [0, 0.1) is 27.7 Å². The third-order valence-corrected chi connectivity index (χ3v) is 3.72. The van der Waals surface area contributed by atoms with Crippen LogP contribution >= 0.6 is 0 Å². The van der Waals surface area contributed by atoms with Gasteiger partial charge in [0.1, 0.15) is 5.75 Å². The van der Waals surface area contributed by atoms with Crippen LogP contribution in [-0.2, 0) is 6.54 Å². The fourth-order valence-corrected chi connectivity index (χ4v) is 2.29. The van der Waals surface area contributed by atoms with Crippen LogP contribution in [0.4, 0.5) is 5.69 Å². The zero-order valence-corrected chi connectivity index (χ0v) is 12.9. The highest BCUT2D eigenvalue weighted by molar-refractivity contribution is 5.49. The van der Waals surface area contributed by atoms with E-state index in [4.69, 9.17) is 4.74 Å². The monoisotopic (exact) mass is 270 g/mol. The fraction of sp³-hybridized carbons (Fsp3) is 0.353. The highest BCUT2D eigenvalue weighted by Gasteiger charge is 2.09. The van der Waals surface area contributed by atoms with Gasteiger partial charge in [-0.25, -0.2) is 0 Å². The van der Waals surface area contributed by atoms with Crippen molar-refractivity contribution in [1.29, 1.82) is 0 Å². The van der Waals surface area contributed by atoms with Crippen LogP contribution in [0.2, 0.25) is 0 Å². The molecule has 1 heterocycles. The van der Waals surface area contributed by atoms with Gasteiger partial charge in [0.2, 0.25) is 0 Å². The summed E-state index contributed by atoms with van der Waals surface area (Å²) in [5.41, 5.74) is 6.91. The predicted octanol–water partition coefficient (Wildman–Crippen LogP) is 3.94. The maximum absolute atomic E-state index is 5.44. The average Bonchev–Trinajstić information content (AvgIpc) is 2.42. The van der Waals surface area contributed by atoms with Crippen molar-refractivity contribution in [2.45, 2.75) is 34.2 Å². The highest BCUT2D eigenvalue weighted by atomic mass is 16.5. The van der Waals surface area contributed by atoms with Gasteiger partial charge in [0.05, 0.1) is 19.3 Å². The number of hydrogen-bond acceptors (Lipinski definition) is 3. The minimum Gasteiger partial charge on any atom is -0.496 e. The van der Waals surface area contributed by atoms with Crippen LogP contribution < -0.4 is 10.1 Å². The fourth-order valence-electron chi connectivity index (χ4n) is 2.29. The molecule has 0 aliphatic rings.